The van der Waals surface area contributed by atoms with E-state index in [1.807, 2.05) is 111 Å². The van der Waals surface area contributed by atoms with Crippen molar-refractivity contribution in [2.45, 2.75) is 147 Å². The van der Waals surface area contributed by atoms with E-state index in [-0.39, 0.29) is 107 Å². The quantitative estimate of drug-likeness (QED) is 0.124. The zero-order valence-corrected chi connectivity index (χ0v) is 57.1. The molecule has 6 rings (SSSR count). The Bertz CT molecular complexity index is 2680. The number of hydrogen-bond donors (Lipinski definition) is 6. The number of rotatable bonds is 17. The Balaban J connectivity index is 0.000000386. The third kappa shape index (κ3) is 32.1. The highest BCUT2D eigenvalue weighted by molar-refractivity contribution is 7.88. The predicted molar refractivity (Wildman–Crippen MR) is 345 cm³/mol. The second-order valence-corrected chi connectivity index (χ2v) is 27.1. The van der Waals surface area contributed by atoms with Gasteiger partial charge in [-0.2, -0.15) is 0 Å². The maximum Gasteiger partial charge on any atom is 0.410 e. The smallest absolute Gasteiger partial charge is 0.410 e. The third-order valence-electron chi connectivity index (χ3n) is 14.4. The van der Waals surface area contributed by atoms with Crippen molar-refractivity contribution in [1.82, 2.24) is 65.4 Å². The summed E-state index contributed by atoms with van der Waals surface area (Å²) in [5, 5.41) is 20.8. The molecule has 0 aliphatic carbocycles. The lowest BCUT2D eigenvalue weighted by Crippen LogP contribution is -2.51. The van der Waals surface area contributed by atoms with E-state index in [1.54, 1.807) is 34.7 Å². The number of piperazine rings is 2. The highest BCUT2D eigenvalue weighted by Crippen LogP contribution is 2.18. The Kier molecular flexibility index (Phi) is 35.1. The van der Waals surface area contributed by atoms with E-state index in [0.717, 1.165) is 50.7 Å². The lowest BCUT2D eigenvalue weighted by Gasteiger charge is -2.35. The van der Waals surface area contributed by atoms with Gasteiger partial charge >= 0.3 is 6.09 Å². The summed E-state index contributed by atoms with van der Waals surface area (Å²) in [6, 6.07) is 7.43. The van der Waals surface area contributed by atoms with E-state index in [1.165, 1.54) is 18.5 Å². The van der Waals surface area contributed by atoms with Gasteiger partial charge in [-0.15, -0.1) is 0 Å². The molecule has 508 valence electrons. The molecule has 0 saturated carbocycles. The first-order valence-electron chi connectivity index (χ1n) is 31.6. The molecule has 0 atom stereocenters. The molecule has 4 saturated heterocycles. The molecule has 0 spiro atoms. The summed E-state index contributed by atoms with van der Waals surface area (Å²) in [6.07, 6.45) is 9.01. The lowest BCUT2D eigenvalue weighted by molar-refractivity contribution is -0.141. The van der Waals surface area contributed by atoms with E-state index in [4.69, 9.17) is 4.74 Å². The van der Waals surface area contributed by atoms with Crippen LogP contribution in [0.15, 0.2) is 42.9 Å². The summed E-state index contributed by atoms with van der Waals surface area (Å²) >= 11 is 0. The molecule has 0 unspecified atom stereocenters. The van der Waals surface area contributed by atoms with Gasteiger partial charge in [0.15, 0.2) is 0 Å². The Morgan fingerprint density at radius 2 is 1.09 bits per heavy atom. The number of hydrogen-bond acceptors (Lipinski definition) is 16. The molecule has 26 nitrogen and oxygen atoms in total. The molecule has 4 aliphatic rings. The molecule has 6 heterocycles. The zero-order chi connectivity index (χ0) is 67.9. The highest BCUT2D eigenvalue weighted by atomic mass is 32.2. The number of sulfonamides is 1. The fourth-order valence-corrected chi connectivity index (χ4v) is 9.59. The minimum absolute atomic E-state index is 0.00360. The molecule has 2 aromatic rings. The number of likely N-dealkylation sites (N-methyl/N-ethyl adjacent to an activating group) is 1. The molecule has 6 N–H and O–H groups in total. The van der Waals surface area contributed by atoms with Gasteiger partial charge < -0.3 is 55.6 Å². The molecule has 90 heavy (non-hydrogen) atoms. The average molecular weight is 1290 g/mol. The first-order valence-corrected chi connectivity index (χ1v) is 33.5. The number of piperidine rings is 2. The van der Waals surface area contributed by atoms with Crippen LogP contribution in [0.2, 0.25) is 0 Å². The van der Waals surface area contributed by atoms with E-state index < -0.39 is 15.6 Å². The van der Waals surface area contributed by atoms with Gasteiger partial charge in [-0.05, 0) is 71.6 Å². The zero-order valence-electron chi connectivity index (χ0n) is 56.3. The van der Waals surface area contributed by atoms with Crippen LogP contribution in [0, 0.1) is 29.6 Å². The molecule has 2 aromatic heterocycles. The van der Waals surface area contributed by atoms with Gasteiger partial charge in [0, 0.05) is 158 Å². The summed E-state index contributed by atoms with van der Waals surface area (Å²) in [6.45, 7) is 35.5. The minimum atomic E-state index is -3.14. The van der Waals surface area contributed by atoms with Crippen molar-refractivity contribution in [3.63, 3.8) is 0 Å². The second-order valence-electron chi connectivity index (χ2n) is 25.2. The number of nitrogens with one attached hydrogen (secondary N) is 5. The molecule has 0 aromatic carbocycles. The van der Waals surface area contributed by atoms with Crippen molar-refractivity contribution in [1.29, 1.82) is 0 Å². The summed E-state index contributed by atoms with van der Waals surface area (Å²) in [5.41, 5.74) is 0.701. The fraction of sp³-hybridized carbons (Fsp3) is 0.698. The number of likely N-dealkylation sites (tertiary alicyclic amines) is 2. The van der Waals surface area contributed by atoms with E-state index in [9.17, 15) is 56.7 Å². The molecule has 27 heteroatoms. The molecule has 9 amide bonds. The second kappa shape index (κ2) is 40.0. The number of aromatic nitrogens is 2. The molecular formula is C63H107N13O13S. The monoisotopic (exact) mass is 1290 g/mol. The maximum atomic E-state index is 12.2. The van der Waals surface area contributed by atoms with E-state index in [0.29, 0.717) is 97.1 Å². The number of carbonyl (C=O) groups excluding carboxylic acids is 9. The molecule has 0 radical (unpaired) electrons. The van der Waals surface area contributed by atoms with Gasteiger partial charge in [-0.1, -0.05) is 75.3 Å². The van der Waals surface area contributed by atoms with Gasteiger partial charge in [0.2, 0.25) is 51.4 Å². The lowest BCUT2D eigenvalue weighted by atomic mass is 10.0. The summed E-state index contributed by atoms with van der Waals surface area (Å²) in [5.74, 6) is 0.372. The largest absolute Gasteiger partial charge is 0.506 e. The van der Waals surface area contributed by atoms with Gasteiger partial charge in [-0.3, -0.25) is 53.2 Å². The molecule has 4 aliphatic heterocycles. The standard InChI is InChI=1S/C15H21N3O2.C14H19N3O3.C14H26N2O3.C13H25N3O2.C7H16N2O3S/c1-12(2)15(20)18-9-7-17(8-10-18)14(19)11-13-5-3-4-6-16-13;1-10(2)13(19)16-3-5-17(6-4-16)14(20)11-7-12(18)9-15-8-11;1-10(2)12(17)15-11-6-8-16(9-7-11)13(18)19-14(3,4)5;1-4-14-12(17)9-16-7-5-11(6-8-16)15-13(18)10(2)3;1-6(2)7(10)8-4-5-9-13(3,11)12/h3-6,12H,7-11H2,1-2H3;7-10,18H,3-6H2,1-2H3;10-11H,6-9H2,1-5H3,(H,15,17);10-11H,4-9H2,1-3H3,(H,14,17)(H,15,18);6,9H,4-5H2,1-3H3,(H,8,10). The molecule has 0 bridgehead atoms. The van der Waals surface area contributed by atoms with Crippen molar-refractivity contribution >= 4 is 63.4 Å². The van der Waals surface area contributed by atoms with Crippen LogP contribution in [-0.2, 0) is 54.7 Å². The highest BCUT2D eigenvalue weighted by Gasteiger charge is 2.30. The number of aromatic hydroxyl groups is 1. The van der Waals surface area contributed by atoms with Crippen LogP contribution in [0.5, 0.6) is 5.75 Å². The van der Waals surface area contributed by atoms with E-state index in [2.05, 4.69) is 40.9 Å². The van der Waals surface area contributed by atoms with Crippen molar-refractivity contribution < 1.29 is 61.4 Å². The summed E-state index contributed by atoms with van der Waals surface area (Å²) in [4.78, 5) is 125. The van der Waals surface area contributed by atoms with Gasteiger partial charge in [0.05, 0.1) is 31.0 Å². The van der Waals surface area contributed by atoms with Crippen LogP contribution in [0.25, 0.3) is 0 Å². The average Bonchev–Trinajstić information content (AvgIpc) is 1.39. The van der Waals surface area contributed by atoms with Crippen LogP contribution in [-0.4, -0.2) is 235 Å². The normalized spacial score (nSPS) is 15.8. The van der Waals surface area contributed by atoms with Crippen molar-refractivity contribution in [2.24, 2.45) is 29.6 Å². The maximum absolute atomic E-state index is 12.2. The molecule has 4 fully saturated rings. The van der Waals surface area contributed by atoms with E-state index >= 15 is 0 Å². The Labute approximate surface area is 535 Å². The fourth-order valence-electron chi connectivity index (χ4n) is 9.12. The molecular weight excluding hydrogens is 1180 g/mol. The number of amides is 9. The first-order chi connectivity index (χ1) is 42.1. The SMILES string of the molecule is CC(C)C(=O)N1CCN(C(=O)Cc2ccccn2)CC1.CC(C)C(=O)N1CCN(C(=O)c2cncc(O)c2)CC1.CC(C)C(=O)NC1CCN(C(=O)OC(C)(C)C)CC1.CC(C)C(=O)NCCNS(C)(=O)=O.CCNC(=O)CN1CCC(NC(=O)C(C)C)CC1. The van der Waals surface area contributed by atoms with Crippen LogP contribution >= 0.6 is 0 Å². The number of ether oxygens (including phenoxy) is 1. The number of nitrogens with zero attached hydrogens (tertiary/aromatic N) is 8. The van der Waals surface area contributed by atoms with Crippen LogP contribution < -0.4 is 26.0 Å². The van der Waals surface area contributed by atoms with Crippen LogP contribution in [0.4, 0.5) is 4.79 Å². The van der Waals surface area contributed by atoms with Crippen LogP contribution in [0.1, 0.15) is 139 Å². The summed E-state index contributed by atoms with van der Waals surface area (Å²) in [7, 11) is -3.14. The third-order valence-corrected chi connectivity index (χ3v) is 15.1. The topological polar surface area (TPSA) is 323 Å². The van der Waals surface area contributed by atoms with Gasteiger partial charge in [-0.25, -0.2) is 17.9 Å². The predicted octanol–water partition coefficient (Wildman–Crippen LogP) is 3.50. The Hall–Kier alpha value is -7.00. The van der Waals surface area contributed by atoms with Crippen molar-refractivity contribution in [2.75, 3.05) is 111 Å². The van der Waals surface area contributed by atoms with Gasteiger partial charge in [0.25, 0.3) is 5.91 Å². The number of pyridine rings is 2. The Morgan fingerprint density at radius 3 is 1.51 bits per heavy atom. The van der Waals surface area contributed by atoms with Crippen LogP contribution in [0.3, 0.4) is 0 Å². The van der Waals surface area contributed by atoms with Crippen molar-refractivity contribution in [3.05, 3.63) is 54.1 Å². The number of carbonyl (C=O) groups is 9. The first kappa shape index (κ1) is 79.1. The van der Waals surface area contributed by atoms with Gasteiger partial charge in [0.1, 0.15) is 11.4 Å². The van der Waals surface area contributed by atoms with Crippen molar-refractivity contribution in [3.8, 4) is 5.75 Å². The Morgan fingerprint density at radius 1 is 0.611 bits per heavy atom. The summed E-state index contributed by atoms with van der Waals surface area (Å²) < 4.78 is 28.8. The minimum Gasteiger partial charge on any atom is -0.506 e.